The Balaban J connectivity index is 1.45. The number of amides is 2. The van der Waals surface area contributed by atoms with Gasteiger partial charge < -0.3 is 4.84 Å². The van der Waals surface area contributed by atoms with Gasteiger partial charge in [-0.1, -0.05) is 40.6 Å². The Morgan fingerprint density at radius 2 is 1.29 bits per heavy atom. The molecule has 4 rings (SSSR count). The third-order valence-electron chi connectivity index (χ3n) is 4.07. The van der Waals surface area contributed by atoms with Gasteiger partial charge in [0.1, 0.15) is 0 Å². The molecule has 2 amide bonds. The van der Waals surface area contributed by atoms with Crippen LogP contribution in [0.1, 0.15) is 31.1 Å². The summed E-state index contributed by atoms with van der Waals surface area (Å²) in [7, 11) is 0. The summed E-state index contributed by atoms with van der Waals surface area (Å²) in [4.78, 5) is 43.9. The van der Waals surface area contributed by atoms with Gasteiger partial charge >= 0.3 is 5.97 Å². The van der Waals surface area contributed by atoms with Crippen molar-refractivity contribution in [3.63, 3.8) is 0 Å². The van der Waals surface area contributed by atoms with Crippen LogP contribution in [0.4, 0.5) is 0 Å². The molecule has 3 aromatic rings. The van der Waals surface area contributed by atoms with Gasteiger partial charge in [0.05, 0.1) is 16.7 Å². The molecule has 138 valence electrons. The fraction of sp³-hybridized carbons (Fsp3) is 0. The average Bonchev–Trinajstić information content (AvgIpc) is 2.95. The van der Waals surface area contributed by atoms with Gasteiger partial charge in [-0.25, -0.2) is 4.79 Å². The van der Waals surface area contributed by atoms with E-state index in [0.717, 1.165) is 9.79 Å². The molecular formula is C21H12ClNO4S. The molecule has 0 N–H and O–H groups in total. The second-order valence-electron chi connectivity index (χ2n) is 5.91. The average molecular weight is 410 g/mol. The monoisotopic (exact) mass is 409 g/mol. The predicted molar refractivity (Wildman–Crippen MR) is 104 cm³/mol. The van der Waals surface area contributed by atoms with Crippen LogP contribution in [0, 0.1) is 0 Å². The molecule has 0 bridgehead atoms. The molecule has 7 heteroatoms. The van der Waals surface area contributed by atoms with Crippen LogP contribution in [-0.4, -0.2) is 22.8 Å². The molecule has 1 aliphatic rings. The van der Waals surface area contributed by atoms with Crippen molar-refractivity contribution in [3.8, 4) is 0 Å². The maximum absolute atomic E-state index is 12.4. The summed E-state index contributed by atoms with van der Waals surface area (Å²) in [5.74, 6) is -2.08. The number of imide groups is 1. The normalized spacial score (nSPS) is 12.8. The zero-order valence-corrected chi connectivity index (χ0v) is 15.9. The maximum Gasteiger partial charge on any atom is 0.363 e. The van der Waals surface area contributed by atoms with Gasteiger partial charge in [-0.2, -0.15) is 0 Å². The Labute approximate surface area is 169 Å². The molecule has 0 saturated carbocycles. The van der Waals surface area contributed by atoms with Gasteiger partial charge in [-0.15, -0.1) is 0 Å². The summed E-state index contributed by atoms with van der Waals surface area (Å²) in [5, 5.41) is 1.17. The summed E-state index contributed by atoms with van der Waals surface area (Å²) in [6.07, 6.45) is 0. The Morgan fingerprint density at radius 1 is 0.786 bits per heavy atom. The van der Waals surface area contributed by atoms with Crippen molar-refractivity contribution in [2.75, 3.05) is 0 Å². The van der Waals surface area contributed by atoms with Gasteiger partial charge in [0.2, 0.25) is 0 Å². The number of nitrogens with zero attached hydrogens (tertiary/aromatic N) is 1. The van der Waals surface area contributed by atoms with Crippen molar-refractivity contribution >= 4 is 41.1 Å². The highest BCUT2D eigenvalue weighted by molar-refractivity contribution is 7.99. The molecule has 0 radical (unpaired) electrons. The number of carbonyl (C=O) groups is 3. The number of benzene rings is 3. The number of rotatable bonds is 4. The summed E-state index contributed by atoms with van der Waals surface area (Å²) < 4.78 is 0. The van der Waals surface area contributed by atoms with Gasteiger partial charge in [0.15, 0.2) is 0 Å². The van der Waals surface area contributed by atoms with Crippen molar-refractivity contribution in [2.45, 2.75) is 9.79 Å². The van der Waals surface area contributed by atoms with E-state index < -0.39 is 17.8 Å². The molecule has 0 saturated heterocycles. The molecule has 0 fully saturated rings. The molecule has 0 unspecified atom stereocenters. The lowest BCUT2D eigenvalue weighted by molar-refractivity contribution is -0.0584. The fourth-order valence-corrected chi connectivity index (χ4v) is 3.63. The highest BCUT2D eigenvalue weighted by atomic mass is 35.5. The van der Waals surface area contributed by atoms with Crippen LogP contribution < -0.4 is 0 Å². The number of fused-ring (bicyclic) bond motifs is 1. The Bertz CT molecular complexity index is 1050. The number of hydrogen-bond acceptors (Lipinski definition) is 5. The van der Waals surface area contributed by atoms with E-state index in [0.29, 0.717) is 10.1 Å². The van der Waals surface area contributed by atoms with E-state index in [1.807, 2.05) is 12.1 Å². The first kappa shape index (κ1) is 18.3. The van der Waals surface area contributed by atoms with E-state index in [1.165, 1.54) is 23.9 Å². The van der Waals surface area contributed by atoms with Crippen molar-refractivity contribution in [3.05, 3.63) is 94.5 Å². The minimum atomic E-state index is -0.780. The van der Waals surface area contributed by atoms with Crippen LogP contribution in [0.15, 0.2) is 82.6 Å². The van der Waals surface area contributed by atoms with E-state index in [1.54, 1.807) is 48.5 Å². The molecule has 0 aromatic heterocycles. The van der Waals surface area contributed by atoms with Gasteiger partial charge in [-0.05, 0) is 60.7 Å². The van der Waals surface area contributed by atoms with Crippen LogP contribution in [0.5, 0.6) is 0 Å². The van der Waals surface area contributed by atoms with Crippen LogP contribution in [0.25, 0.3) is 0 Å². The molecule has 3 aromatic carbocycles. The highest BCUT2D eigenvalue weighted by Gasteiger charge is 2.38. The molecule has 0 spiro atoms. The Morgan fingerprint density at radius 3 is 1.82 bits per heavy atom. The van der Waals surface area contributed by atoms with E-state index in [2.05, 4.69) is 0 Å². The number of halogens is 1. The van der Waals surface area contributed by atoms with Crippen molar-refractivity contribution < 1.29 is 19.2 Å². The molecule has 0 aliphatic carbocycles. The first-order chi connectivity index (χ1) is 13.5. The standard InChI is InChI=1S/C21H12ClNO4S/c22-14-7-11-16(12-8-14)28-15-9-5-13(6-10-15)21(26)27-23-19(24)17-3-1-2-4-18(17)20(23)25/h1-12H. The Hall–Kier alpha value is -3.09. The summed E-state index contributed by atoms with van der Waals surface area (Å²) in [6, 6.07) is 20.4. The summed E-state index contributed by atoms with van der Waals surface area (Å²) in [6.45, 7) is 0. The third kappa shape index (κ3) is 3.52. The predicted octanol–water partition coefficient (Wildman–Crippen LogP) is 4.86. The summed E-state index contributed by atoms with van der Waals surface area (Å²) >= 11 is 7.39. The van der Waals surface area contributed by atoms with Crippen molar-refractivity contribution in [2.24, 2.45) is 0 Å². The zero-order valence-electron chi connectivity index (χ0n) is 14.3. The van der Waals surface area contributed by atoms with Gasteiger partial charge in [0, 0.05) is 14.8 Å². The molecular weight excluding hydrogens is 398 g/mol. The topological polar surface area (TPSA) is 63.7 Å². The van der Waals surface area contributed by atoms with Gasteiger partial charge in [0.25, 0.3) is 11.8 Å². The molecule has 5 nitrogen and oxygen atoms in total. The number of hydroxylamine groups is 2. The fourth-order valence-electron chi connectivity index (χ4n) is 2.68. The van der Waals surface area contributed by atoms with Crippen LogP contribution in [0.3, 0.4) is 0 Å². The first-order valence-corrected chi connectivity index (χ1v) is 9.46. The summed E-state index contributed by atoms with van der Waals surface area (Å²) in [5.41, 5.74) is 0.669. The SMILES string of the molecule is O=C(ON1C(=O)c2ccccc2C1=O)c1ccc(Sc2ccc(Cl)cc2)cc1. The smallest absolute Gasteiger partial charge is 0.324 e. The van der Waals surface area contributed by atoms with E-state index >= 15 is 0 Å². The largest absolute Gasteiger partial charge is 0.363 e. The molecule has 1 aliphatic heterocycles. The second kappa shape index (κ2) is 7.50. The minimum absolute atomic E-state index is 0.218. The highest BCUT2D eigenvalue weighted by Crippen LogP contribution is 2.29. The lowest BCUT2D eigenvalue weighted by Crippen LogP contribution is -2.32. The zero-order chi connectivity index (χ0) is 19.7. The van der Waals surface area contributed by atoms with Crippen LogP contribution in [0.2, 0.25) is 5.02 Å². The third-order valence-corrected chi connectivity index (χ3v) is 5.34. The van der Waals surface area contributed by atoms with Crippen molar-refractivity contribution in [1.82, 2.24) is 5.06 Å². The lowest BCUT2D eigenvalue weighted by atomic mass is 10.1. The first-order valence-electron chi connectivity index (χ1n) is 8.26. The molecule has 0 atom stereocenters. The lowest BCUT2D eigenvalue weighted by Gasteiger charge is -2.12. The maximum atomic E-state index is 12.4. The minimum Gasteiger partial charge on any atom is -0.324 e. The van der Waals surface area contributed by atoms with Crippen LogP contribution in [-0.2, 0) is 4.84 Å². The molecule has 1 heterocycles. The van der Waals surface area contributed by atoms with E-state index in [4.69, 9.17) is 16.4 Å². The number of carbonyl (C=O) groups excluding carboxylic acids is 3. The van der Waals surface area contributed by atoms with Crippen LogP contribution >= 0.6 is 23.4 Å². The van der Waals surface area contributed by atoms with E-state index in [-0.39, 0.29) is 16.7 Å². The molecule has 28 heavy (non-hydrogen) atoms. The second-order valence-corrected chi connectivity index (χ2v) is 7.49. The quantitative estimate of drug-likeness (QED) is 0.576. The van der Waals surface area contributed by atoms with Gasteiger partial charge in [-0.3, -0.25) is 9.59 Å². The van der Waals surface area contributed by atoms with Crippen molar-refractivity contribution in [1.29, 1.82) is 0 Å². The van der Waals surface area contributed by atoms with E-state index in [9.17, 15) is 14.4 Å². The number of hydrogen-bond donors (Lipinski definition) is 0. The Kier molecular flexibility index (Phi) is 4.90.